The lowest BCUT2D eigenvalue weighted by atomic mass is 10.0. The van der Waals surface area contributed by atoms with Crippen LogP contribution in [0.2, 0.25) is 0 Å². The van der Waals surface area contributed by atoms with E-state index in [1.807, 2.05) is 6.07 Å². The van der Waals surface area contributed by atoms with Crippen LogP contribution in [0, 0.1) is 5.92 Å². The van der Waals surface area contributed by atoms with Crippen LogP contribution in [-0.2, 0) is 0 Å². The molecule has 1 saturated carbocycles. The number of nitrogens with two attached hydrogens (primary N) is 1. The minimum Gasteiger partial charge on any atom is -0.324 e. The van der Waals surface area contributed by atoms with Gasteiger partial charge in [-0.3, -0.25) is 0 Å². The summed E-state index contributed by atoms with van der Waals surface area (Å²) in [5.74, 6) is 0.878. The monoisotopic (exact) mass is 317 g/mol. The van der Waals surface area contributed by atoms with Gasteiger partial charge in [0.25, 0.3) is 0 Å². The first kappa shape index (κ1) is 10.7. The molecule has 14 heavy (non-hydrogen) atoms. The molecule has 1 fully saturated rings. The van der Waals surface area contributed by atoms with Crippen LogP contribution >= 0.6 is 31.9 Å². The number of benzene rings is 1. The van der Waals surface area contributed by atoms with Crippen molar-refractivity contribution in [3.05, 3.63) is 32.7 Å². The molecule has 3 heteroatoms. The van der Waals surface area contributed by atoms with Gasteiger partial charge < -0.3 is 5.73 Å². The van der Waals surface area contributed by atoms with Gasteiger partial charge in [-0.1, -0.05) is 44.7 Å². The van der Waals surface area contributed by atoms with E-state index in [4.69, 9.17) is 5.73 Å². The molecule has 1 nitrogen and oxygen atoms in total. The van der Waals surface area contributed by atoms with E-state index in [-0.39, 0.29) is 6.04 Å². The Kier molecular flexibility index (Phi) is 3.30. The van der Waals surface area contributed by atoms with E-state index in [2.05, 4.69) is 44.0 Å². The van der Waals surface area contributed by atoms with E-state index >= 15 is 0 Å². The van der Waals surface area contributed by atoms with E-state index in [1.165, 1.54) is 18.4 Å². The Morgan fingerprint density at radius 3 is 2.29 bits per heavy atom. The topological polar surface area (TPSA) is 26.0 Å². The first-order valence-corrected chi connectivity index (χ1v) is 6.45. The molecule has 1 aromatic carbocycles. The van der Waals surface area contributed by atoms with E-state index in [0.717, 1.165) is 21.3 Å². The summed E-state index contributed by atoms with van der Waals surface area (Å²) in [5, 5.41) is 0. The van der Waals surface area contributed by atoms with Crippen LogP contribution in [0.25, 0.3) is 0 Å². The third-order valence-electron chi connectivity index (χ3n) is 2.60. The quantitative estimate of drug-likeness (QED) is 0.895. The average Bonchev–Trinajstić information content (AvgIpc) is 2.86. The molecule has 0 spiro atoms. The normalized spacial score (nSPS) is 18.2. The van der Waals surface area contributed by atoms with Gasteiger partial charge >= 0.3 is 0 Å². The number of halogens is 2. The zero-order chi connectivity index (χ0) is 10.1. The zero-order valence-corrected chi connectivity index (χ0v) is 11.0. The second kappa shape index (κ2) is 4.33. The Hall–Kier alpha value is 0.140. The summed E-state index contributed by atoms with van der Waals surface area (Å²) in [5.41, 5.74) is 7.35. The minimum atomic E-state index is 0.191. The lowest BCUT2D eigenvalue weighted by Crippen LogP contribution is -2.10. The van der Waals surface area contributed by atoms with Crippen molar-refractivity contribution in [3.63, 3.8) is 0 Å². The highest BCUT2D eigenvalue weighted by molar-refractivity contribution is 9.11. The summed E-state index contributed by atoms with van der Waals surface area (Å²) < 4.78 is 2.18. The smallest absolute Gasteiger partial charge is 0.0298 e. The second-order valence-corrected chi connectivity index (χ2v) is 5.82. The fourth-order valence-corrected chi connectivity index (χ4v) is 2.97. The summed E-state index contributed by atoms with van der Waals surface area (Å²) in [6, 6.07) is 6.44. The van der Waals surface area contributed by atoms with Crippen molar-refractivity contribution in [2.24, 2.45) is 11.7 Å². The molecule has 1 aromatic rings. The molecule has 1 aliphatic rings. The average molecular weight is 319 g/mol. The molecule has 1 atom stereocenters. The summed E-state index contributed by atoms with van der Waals surface area (Å²) in [7, 11) is 0. The van der Waals surface area contributed by atoms with Crippen LogP contribution in [-0.4, -0.2) is 0 Å². The van der Waals surface area contributed by atoms with Crippen molar-refractivity contribution >= 4 is 31.9 Å². The molecule has 1 aliphatic carbocycles. The van der Waals surface area contributed by atoms with Crippen molar-refractivity contribution in [3.8, 4) is 0 Å². The van der Waals surface area contributed by atoms with E-state index < -0.39 is 0 Å². The van der Waals surface area contributed by atoms with Gasteiger partial charge in [-0.2, -0.15) is 0 Å². The van der Waals surface area contributed by atoms with Gasteiger partial charge in [0, 0.05) is 15.0 Å². The molecule has 0 aromatic heterocycles. The maximum absolute atomic E-state index is 6.13. The van der Waals surface area contributed by atoms with Gasteiger partial charge in [0.05, 0.1) is 0 Å². The van der Waals surface area contributed by atoms with E-state index in [0.29, 0.717) is 0 Å². The Morgan fingerprint density at radius 1 is 1.21 bits per heavy atom. The summed E-state index contributed by atoms with van der Waals surface area (Å²) in [6.07, 6.45) is 3.86. The van der Waals surface area contributed by atoms with Crippen LogP contribution in [0.1, 0.15) is 30.9 Å². The lowest BCUT2D eigenvalue weighted by Gasteiger charge is -2.12. The van der Waals surface area contributed by atoms with Crippen LogP contribution in [0.15, 0.2) is 27.1 Å². The largest absolute Gasteiger partial charge is 0.324 e. The lowest BCUT2D eigenvalue weighted by molar-refractivity contribution is 0.596. The number of rotatable bonds is 3. The van der Waals surface area contributed by atoms with Gasteiger partial charge in [-0.05, 0) is 36.1 Å². The van der Waals surface area contributed by atoms with Crippen molar-refractivity contribution in [1.29, 1.82) is 0 Å². The van der Waals surface area contributed by atoms with Crippen molar-refractivity contribution in [2.75, 3.05) is 0 Å². The standard InChI is InChI=1S/C11H13Br2N/c12-9-4-8(5-10(13)6-9)11(14)3-7-1-2-7/h4-7,11H,1-3,14H2. The molecule has 0 amide bonds. The molecule has 0 aliphatic heterocycles. The SMILES string of the molecule is NC(CC1CC1)c1cc(Br)cc(Br)c1. The molecule has 0 heterocycles. The van der Waals surface area contributed by atoms with Gasteiger partial charge in [0.15, 0.2) is 0 Å². The molecule has 76 valence electrons. The maximum Gasteiger partial charge on any atom is 0.0298 e. The molecule has 0 radical (unpaired) electrons. The third kappa shape index (κ3) is 2.81. The molecule has 0 saturated heterocycles. The maximum atomic E-state index is 6.13. The Labute approximate surface area is 101 Å². The molecule has 0 bridgehead atoms. The molecule has 2 N–H and O–H groups in total. The fourth-order valence-electron chi connectivity index (χ4n) is 1.64. The van der Waals surface area contributed by atoms with Crippen molar-refractivity contribution in [1.82, 2.24) is 0 Å². The van der Waals surface area contributed by atoms with E-state index in [1.54, 1.807) is 0 Å². The minimum absolute atomic E-state index is 0.191. The van der Waals surface area contributed by atoms with Crippen LogP contribution in [0.4, 0.5) is 0 Å². The van der Waals surface area contributed by atoms with Crippen LogP contribution in [0.5, 0.6) is 0 Å². The number of hydrogen-bond donors (Lipinski definition) is 1. The zero-order valence-electron chi connectivity index (χ0n) is 7.84. The summed E-state index contributed by atoms with van der Waals surface area (Å²) in [4.78, 5) is 0. The highest BCUT2D eigenvalue weighted by Crippen LogP contribution is 2.37. The Morgan fingerprint density at radius 2 is 1.79 bits per heavy atom. The Bertz CT molecular complexity index is 314. The third-order valence-corrected chi connectivity index (χ3v) is 3.51. The van der Waals surface area contributed by atoms with Crippen molar-refractivity contribution in [2.45, 2.75) is 25.3 Å². The van der Waals surface area contributed by atoms with Gasteiger partial charge in [0.1, 0.15) is 0 Å². The van der Waals surface area contributed by atoms with Crippen LogP contribution < -0.4 is 5.73 Å². The van der Waals surface area contributed by atoms with Crippen LogP contribution in [0.3, 0.4) is 0 Å². The predicted molar refractivity (Wildman–Crippen MR) is 66.1 cm³/mol. The predicted octanol–water partition coefficient (Wildman–Crippen LogP) is 4.01. The molecule has 1 unspecified atom stereocenters. The van der Waals surface area contributed by atoms with Gasteiger partial charge in [0.2, 0.25) is 0 Å². The Balaban J connectivity index is 2.12. The first-order chi connectivity index (χ1) is 6.65. The fraction of sp³-hybridized carbons (Fsp3) is 0.455. The summed E-state index contributed by atoms with van der Waals surface area (Å²) in [6.45, 7) is 0. The van der Waals surface area contributed by atoms with E-state index in [9.17, 15) is 0 Å². The second-order valence-electron chi connectivity index (χ2n) is 3.99. The van der Waals surface area contributed by atoms with Gasteiger partial charge in [-0.25, -0.2) is 0 Å². The molecule has 2 rings (SSSR count). The molecular weight excluding hydrogens is 306 g/mol. The first-order valence-electron chi connectivity index (χ1n) is 4.87. The highest BCUT2D eigenvalue weighted by atomic mass is 79.9. The van der Waals surface area contributed by atoms with Crippen molar-refractivity contribution < 1.29 is 0 Å². The van der Waals surface area contributed by atoms with Gasteiger partial charge in [-0.15, -0.1) is 0 Å². The molecular formula is C11H13Br2N. The number of hydrogen-bond acceptors (Lipinski definition) is 1. The highest BCUT2D eigenvalue weighted by Gasteiger charge is 2.24. The summed E-state index contributed by atoms with van der Waals surface area (Å²) >= 11 is 6.96.